The first kappa shape index (κ1) is 9.96. The van der Waals surface area contributed by atoms with Gasteiger partial charge < -0.3 is 4.74 Å². The van der Waals surface area contributed by atoms with Crippen LogP contribution in [0.2, 0.25) is 0 Å². The molecule has 1 rings (SSSR count). The van der Waals surface area contributed by atoms with E-state index in [9.17, 15) is 8.78 Å². The first-order valence-corrected chi connectivity index (χ1v) is 3.92. The molecule has 1 nitrogen and oxygen atoms in total. The second kappa shape index (κ2) is 3.73. The van der Waals surface area contributed by atoms with Crippen LogP contribution in [0.3, 0.4) is 0 Å². The molecule has 0 N–H and O–H groups in total. The molecule has 0 amide bonds. The van der Waals surface area contributed by atoms with E-state index in [1.165, 1.54) is 13.2 Å². The summed E-state index contributed by atoms with van der Waals surface area (Å²) in [5, 5.41) is 0. The van der Waals surface area contributed by atoms with Crippen molar-refractivity contribution >= 4 is 0 Å². The molecule has 0 aliphatic rings. The number of methoxy groups -OCH3 is 1. The topological polar surface area (TPSA) is 9.23 Å². The summed E-state index contributed by atoms with van der Waals surface area (Å²) in [5.41, 5.74) is 0.359. The van der Waals surface area contributed by atoms with Crippen LogP contribution >= 0.6 is 0 Å². The Bertz CT molecular complexity index is 308. The first-order valence-electron chi connectivity index (χ1n) is 3.92. The van der Waals surface area contributed by atoms with Crippen molar-refractivity contribution in [3.63, 3.8) is 0 Å². The second-order valence-corrected chi connectivity index (χ2v) is 2.91. The lowest BCUT2D eigenvalue weighted by molar-refractivity contribution is 0.382. The van der Waals surface area contributed by atoms with Crippen LogP contribution in [0.4, 0.5) is 8.78 Å². The van der Waals surface area contributed by atoms with Gasteiger partial charge in [-0.05, 0) is 24.5 Å². The molecule has 0 bridgehead atoms. The van der Waals surface area contributed by atoms with Crippen LogP contribution in [-0.2, 0) is 0 Å². The van der Waals surface area contributed by atoms with Gasteiger partial charge in [0, 0.05) is 6.07 Å². The lowest BCUT2D eigenvalue weighted by atomic mass is 10.0. The quantitative estimate of drug-likeness (QED) is 0.688. The van der Waals surface area contributed by atoms with Crippen molar-refractivity contribution in [2.45, 2.75) is 12.8 Å². The standard InChI is InChI=1S/C10H11F2O/c1-6(2)7-4-10(13-3)9(12)5-8(7)11/h4-6H,1H2,2-3H3. The summed E-state index contributed by atoms with van der Waals surface area (Å²) in [5.74, 6) is -1.45. The van der Waals surface area contributed by atoms with Crippen molar-refractivity contribution in [1.29, 1.82) is 0 Å². The molecule has 0 saturated heterocycles. The monoisotopic (exact) mass is 185 g/mol. The molecule has 0 aliphatic carbocycles. The molecule has 3 heteroatoms. The van der Waals surface area contributed by atoms with Crippen LogP contribution < -0.4 is 4.74 Å². The van der Waals surface area contributed by atoms with Crippen LogP contribution in [0.5, 0.6) is 5.75 Å². The van der Waals surface area contributed by atoms with E-state index in [-0.39, 0.29) is 11.7 Å². The predicted octanol–water partition coefficient (Wildman–Crippen LogP) is 2.91. The van der Waals surface area contributed by atoms with E-state index in [0.29, 0.717) is 5.56 Å². The summed E-state index contributed by atoms with van der Waals surface area (Å²) in [7, 11) is 1.34. The third kappa shape index (κ3) is 1.97. The Morgan fingerprint density at radius 1 is 1.31 bits per heavy atom. The maximum absolute atomic E-state index is 13.1. The molecule has 0 spiro atoms. The molecule has 0 aliphatic heterocycles. The van der Waals surface area contributed by atoms with Crippen LogP contribution in [0.1, 0.15) is 18.4 Å². The zero-order valence-corrected chi connectivity index (χ0v) is 7.60. The summed E-state index contributed by atoms with van der Waals surface area (Å²) in [6.45, 7) is 5.39. The van der Waals surface area contributed by atoms with Crippen LogP contribution in [-0.4, -0.2) is 7.11 Å². The average molecular weight is 185 g/mol. The fourth-order valence-corrected chi connectivity index (χ4v) is 1.08. The average Bonchev–Trinajstić information content (AvgIpc) is 2.03. The summed E-state index contributed by atoms with van der Waals surface area (Å²) in [4.78, 5) is 0. The third-order valence-corrected chi connectivity index (χ3v) is 1.80. The minimum Gasteiger partial charge on any atom is -0.494 e. The van der Waals surface area contributed by atoms with E-state index >= 15 is 0 Å². The molecule has 13 heavy (non-hydrogen) atoms. The van der Waals surface area contributed by atoms with Gasteiger partial charge in [-0.15, -0.1) is 0 Å². The zero-order valence-electron chi connectivity index (χ0n) is 7.60. The number of hydrogen-bond acceptors (Lipinski definition) is 1. The number of benzene rings is 1. The Hall–Kier alpha value is -1.12. The Morgan fingerprint density at radius 2 is 1.92 bits per heavy atom. The van der Waals surface area contributed by atoms with Crippen molar-refractivity contribution in [3.8, 4) is 5.75 Å². The van der Waals surface area contributed by atoms with Gasteiger partial charge in [0.25, 0.3) is 0 Å². The van der Waals surface area contributed by atoms with Gasteiger partial charge in [0.15, 0.2) is 11.6 Å². The molecule has 0 saturated carbocycles. The number of halogens is 2. The predicted molar refractivity (Wildman–Crippen MR) is 46.7 cm³/mol. The Morgan fingerprint density at radius 3 is 2.38 bits per heavy atom. The number of rotatable bonds is 2. The molecular formula is C10H11F2O. The second-order valence-electron chi connectivity index (χ2n) is 2.91. The number of hydrogen-bond donors (Lipinski definition) is 0. The van der Waals surface area contributed by atoms with E-state index in [1.807, 2.05) is 0 Å². The van der Waals surface area contributed by atoms with Gasteiger partial charge in [0.1, 0.15) is 5.82 Å². The minimum absolute atomic E-state index is 0.0481. The summed E-state index contributed by atoms with van der Waals surface area (Å²) in [6, 6.07) is 2.15. The molecule has 0 fully saturated rings. The summed E-state index contributed by atoms with van der Waals surface area (Å²) >= 11 is 0. The molecular weight excluding hydrogens is 174 g/mol. The SMILES string of the molecule is [CH2]C(C)c1cc(OC)c(F)cc1F. The van der Waals surface area contributed by atoms with E-state index in [4.69, 9.17) is 4.74 Å². The zero-order chi connectivity index (χ0) is 10.0. The van der Waals surface area contributed by atoms with Gasteiger partial charge in [0.2, 0.25) is 0 Å². The Balaban J connectivity index is 3.22. The fourth-order valence-electron chi connectivity index (χ4n) is 1.08. The van der Waals surface area contributed by atoms with Crippen LogP contribution in [0, 0.1) is 18.6 Å². The molecule has 0 aromatic heterocycles. The summed E-state index contributed by atoms with van der Waals surface area (Å²) < 4.78 is 30.7. The molecule has 1 aromatic carbocycles. The lowest BCUT2D eigenvalue weighted by Gasteiger charge is -2.09. The highest BCUT2D eigenvalue weighted by Crippen LogP contribution is 2.26. The van der Waals surface area contributed by atoms with Crippen LogP contribution in [0.15, 0.2) is 12.1 Å². The lowest BCUT2D eigenvalue weighted by Crippen LogP contribution is -1.97. The normalized spacial score (nSPS) is 10.6. The van der Waals surface area contributed by atoms with Gasteiger partial charge in [-0.25, -0.2) is 8.78 Å². The van der Waals surface area contributed by atoms with Crippen molar-refractivity contribution < 1.29 is 13.5 Å². The molecule has 1 unspecified atom stereocenters. The molecule has 1 atom stereocenters. The van der Waals surface area contributed by atoms with Crippen molar-refractivity contribution in [3.05, 3.63) is 36.3 Å². The van der Waals surface area contributed by atoms with E-state index in [2.05, 4.69) is 6.92 Å². The number of ether oxygens (including phenoxy) is 1. The van der Waals surface area contributed by atoms with E-state index < -0.39 is 11.6 Å². The highest BCUT2D eigenvalue weighted by atomic mass is 19.1. The molecule has 71 valence electrons. The van der Waals surface area contributed by atoms with Gasteiger partial charge >= 0.3 is 0 Å². The molecule has 1 aromatic rings. The summed E-state index contributed by atoms with van der Waals surface area (Å²) in [6.07, 6.45) is 0. The smallest absolute Gasteiger partial charge is 0.167 e. The minimum atomic E-state index is -0.690. The molecule has 1 radical (unpaired) electrons. The van der Waals surface area contributed by atoms with Crippen molar-refractivity contribution in [2.75, 3.05) is 7.11 Å². The maximum atomic E-state index is 13.1. The van der Waals surface area contributed by atoms with Crippen LogP contribution in [0.25, 0.3) is 0 Å². The van der Waals surface area contributed by atoms with Crippen molar-refractivity contribution in [1.82, 2.24) is 0 Å². The van der Waals surface area contributed by atoms with Gasteiger partial charge in [0.05, 0.1) is 7.11 Å². The highest BCUT2D eigenvalue weighted by Gasteiger charge is 2.12. The third-order valence-electron chi connectivity index (χ3n) is 1.80. The van der Waals surface area contributed by atoms with Gasteiger partial charge in [-0.3, -0.25) is 0 Å². The van der Waals surface area contributed by atoms with E-state index in [1.54, 1.807) is 6.92 Å². The van der Waals surface area contributed by atoms with Gasteiger partial charge in [-0.1, -0.05) is 6.92 Å². The van der Waals surface area contributed by atoms with E-state index in [0.717, 1.165) is 6.07 Å². The maximum Gasteiger partial charge on any atom is 0.167 e. The Labute approximate surface area is 76.3 Å². The highest BCUT2D eigenvalue weighted by molar-refractivity contribution is 5.33. The first-order chi connectivity index (χ1) is 6.06. The Kier molecular flexibility index (Phi) is 2.86. The largest absolute Gasteiger partial charge is 0.494 e. The van der Waals surface area contributed by atoms with Gasteiger partial charge in [-0.2, -0.15) is 0 Å². The fraction of sp³-hybridized carbons (Fsp3) is 0.300. The molecule has 0 heterocycles. The van der Waals surface area contributed by atoms with Crippen molar-refractivity contribution in [2.24, 2.45) is 0 Å².